The quantitative estimate of drug-likeness (QED) is 0.605. The van der Waals surface area contributed by atoms with Gasteiger partial charge in [-0.3, -0.25) is 0 Å². The smallest absolute Gasteiger partial charge is 0.218 e. The van der Waals surface area contributed by atoms with Gasteiger partial charge in [-0.1, -0.05) is 45.6 Å². The minimum Gasteiger partial charge on any atom is -0.477 e. The number of ether oxygens (including phenoxy) is 1. The molecule has 1 heterocycles. The van der Waals surface area contributed by atoms with Crippen molar-refractivity contribution in [2.75, 3.05) is 13.2 Å². The summed E-state index contributed by atoms with van der Waals surface area (Å²) in [5.74, 6) is 0.791. The molecule has 1 aromatic rings. The van der Waals surface area contributed by atoms with Crippen LogP contribution in [0.5, 0.6) is 5.88 Å². The summed E-state index contributed by atoms with van der Waals surface area (Å²) >= 11 is 0. The number of rotatable bonds is 11. The van der Waals surface area contributed by atoms with Crippen molar-refractivity contribution in [1.82, 2.24) is 10.3 Å². The summed E-state index contributed by atoms with van der Waals surface area (Å²) in [5, 5.41) is 3.49. The van der Waals surface area contributed by atoms with Gasteiger partial charge >= 0.3 is 0 Å². The Morgan fingerprint density at radius 2 is 1.95 bits per heavy atom. The lowest BCUT2D eigenvalue weighted by molar-refractivity contribution is 0.287. The number of unbranched alkanes of at least 4 members (excludes halogenated alkanes) is 4. The second-order valence-corrected chi connectivity index (χ2v) is 5.34. The number of hydrogen-bond donors (Lipinski definition) is 1. The molecular weight excluding hydrogens is 248 g/mol. The van der Waals surface area contributed by atoms with Crippen molar-refractivity contribution < 1.29 is 4.74 Å². The molecule has 0 saturated carbocycles. The summed E-state index contributed by atoms with van der Waals surface area (Å²) in [6.07, 6.45) is 9.23. The molecule has 0 aliphatic heterocycles. The van der Waals surface area contributed by atoms with Crippen LogP contribution in [-0.4, -0.2) is 18.1 Å². The van der Waals surface area contributed by atoms with Crippen LogP contribution in [0.1, 0.15) is 70.9 Å². The number of pyridine rings is 1. The number of hydrogen-bond acceptors (Lipinski definition) is 3. The lowest BCUT2D eigenvalue weighted by Gasteiger charge is -2.17. The van der Waals surface area contributed by atoms with Gasteiger partial charge in [0.1, 0.15) is 0 Å². The highest BCUT2D eigenvalue weighted by Gasteiger charge is 2.11. The van der Waals surface area contributed by atoms with E-state index < -0.39 is 0 Å². The summed E-state index contributed by atoms with van der Waals surface area (Å²) in [4.78, 5) is 4.38. The lowest BCUT2D eigenvalue weighted by Crippen LogP contribution is -2.20. The zero-order chi connectivity index (χ0) is 14.6. The van der Waals surface area contributed by atoms with Gasteiger partial charge < -0.3 is 10.1 Å². The SMILES string of the molecule is CCCCCCCOc1ncccc1C(C)NCCC. The van der Waals surface area contributed by atoms with Crippen molar-refractivity contribution in [2.24, 2.45) is 0 Å². The minimum absolute atomic E-state index is 0.291. The molecule has 0 spiro atoms. The highest BCUT2D eigenvalue weighted by Crippen LogP contribution is 2.22. The van der Waals surface area contributed by atoms with E-state index in [0.717, 1.165) is 37.4 Å². The molecule has 0 aromatic carbocycles. The van der Waals surface area contributed by atoms with Crippen molar-refractivity contribution in [2.45, 2.75) is 65.3 Å². The lowest BCUT2D eigenvalue weighted by atomic mass is 10.1. The average molecular weight is 278 g/mol. The highest BCUT2D eigenvalue weighted by molar-refractivity contribution is 5.28. The van der Waals surface area contributed by atoms with E-state index in [1.54, 1.807) is 0 Å². The Balaban J connectivity index is 2.40. The molecule has 3 heteroatoms. The van der Waals surface area contributed by atoms with Crippen LogP contribution in [-0.2, 0) is 0 Å². The first kappa shape index (κ1) is 17.0. The van der Waals surface area contributed by atoms with Crippen LogP contribution in [0, 0.1) is 0 Å². The summed E-state index contributed by atoms with van der Waals surface area (Å²) in [6, 6.07) is 4.37. The van der Waals surface area contributed by atoms with E-state index in [1.807, 2.05) is 12.3 Å². The summed E-state index contributed by atoms with van der Waals surface area (Å²) in [7, 11) is 0. The minimum atomic E-state index is 0.291. The topological polar surface area (TPSA) is 34.1 Å². The van der Waals surface area contributed by atoms with Crippen LogP contribution in [0.3, 0.4) is 0 Å². The third-order valence-corrected chi connectivity index (χ3v) is 3.45. The van der Waals surface area contributed by atoms with Gasteiger partial charge in [-0.05, 0) is 32.4 Å². The fraction of sp³-hybridized carbons (Fsp3) is 0.706. The van der Waals surface area contributed by atoms with E-state index in [2.05, 4.69) is 37.1 Å². The number of nitrogens with zero attached hydrogens (tertiary/aromatic N) is 1. The summed E-state index contributed by atoms with van der Waals surface area (Å²) in [6.45, 7) is 8.37. The first-order chi connectivity index (χ1) is 9.79. The Bertz CT molecular complexity index is 355. The van der Waals surface area contributed by atoms with Crippen molar-refractivity contribution in [3.8, 4) is 5.88 Å². The molecule has 1 N–H and O–H groups in total. The molecule has 1 atom stereocenters. The molecule has 1 aromatic heterocycles. The van der Waals surface area contributed by atoms with Gasteiger partial charge in [-0.15, -0.1) is 0 Å². The van der Waals surface area contributed by atoms with E-state index >= 15 is 0 Å². The molecule has 0 aliphatic carbocycles. The Morgan fingerprint density at radius 3 is 2.70 bits per heavy atom. The maximum atomic E-state index is 5.87. The Kier molecular flexibility index (Phi) is 9.05. The fourth-order valence-corrected chi connectivity index (χ4v) is 2.20. The van der Waals surface area contributed by atoms with Crippen LogP contribution >= 0.6 is 0 Å². The van der Waals surface area contributed by atoms with Crippen LogP contribution in [0.4, 0.5) is 0 Å². The maximum absolute atomic E-state index is 5.87. The first-order valence-corrected chi connectivity index (χ1v) is 8.10. The van der Waals surface area contributed by atoms with Crippen molar-refractivity contribution in [3.05, 3.63) is 23.9 Å². The monoisotopic (exact) mass is 278 g/mol. The predicted molar refractivity (Wildman–Crippen MR) is 85.2 cm³/mol. The third kappa shape index (κ3) is 6.38. The maximum Gasteiger partial charge on any atom is 0.218 e. The molecule has 1 rings (SSSR count). The van der Waals surface area contributed by atoms with E-state index in [-0.39, 0.29) is 0 Å². The van der Waals surface area contributed by atoms with Gasteiger partial charge in [0, 0.05) is 17.8 Å². The molecule has 0 bridgehead atoms. The standard InChI is InChI=1S/C17H30N2O/c1-4-6-7-8-9-14-20-17-16(11-10-13-19-17)15(3)18-12-5-2/h10-11,13,15,18H,4-9,12,14H2,1-3H3. The van der Waals surface area contributed by atoms with Crippen LogP contribution in [0.15, 0.2) is 18.3 Å². The Hall–Kier alpha value is -1.09. The molecule has 3 nitrogen and oxygen atoms in total. The van der Waals surface area contributed by atoms with E-state index in [9.17, 15) is 0 Å². The van der Waals surface area contributed by atoms with Gasteiger partial charge in [0.15, 0.2) is 0 Å². The van der Waals surface area contributed by atoms with E-state index in [0.29, 0.717) is 6.04 Å². The molecule has 0 aliphatic rings. The van der Waals surface area contributed by atoms with Gasteiger partial charge in [-0.25, -0.2) is 4.98 Å². The fourth-order valence-electron chi connectivity index (χ4n) is 2.20. The molecule has 114 valence electrons. The molecule has 0 fully saturated rings. The molecule has 0 radical (unpaired) electrons. The third-order valence-electron chi connectivity index (χ3n) is 3.45. The normalized spacial score (nSPS) is 12.3. The Labute approximate surface area is 124 Å². The summed E-state index contributed by atoms with van der Waals surface area (Å²) < 4.78 is 5.87. The summed E-state index contributed by atoms with van der Waals surface area (Å²) in [5.41, 5.74) is 1.16. The second kappa shape index (κ2) is 10.7. The van der Waals surface area contributed by atoms with Crippen molar-refractivity contribution in [3.63, 3.8) is 0 Å². The zero-order valence-corrected chi connectivity index (χ0v) is 13.3. The van der Waals surface area contributed by atoms with Gasteiger partial charge in [-0.2, -0.15) is 0 Å². The molecular formula is C17H30N2O. The van der Waals surface area contributed by atoms with Gasteiger partial charge in [0.2, 0.25) is 5.88 Å². The second-order valence-electron chi connectivity index (χ2n) is 5.34. The number of nitrogens with one attached hydrogen (secondary N) is 1. The molecule has 0 amide bonds. The van der Waals surface area contributed by atoms with Crippen LogP contribution < -0.4 is 10.1 Å². The van der Waals surface area contributed by atoms with E-state index in [1.165, 1.54) is 25.7 Å². The van der Waals surface area contributed by atoms with Crippen LogP contribution in [0.2, 0.25) is 0 Å². The average Bonchev–Trinajstić information content (AvgIpc) is 2.48. The van der Waals surface area contributed by atoms with Crippen molar-refractivity contribution in [1.29, 1.82) is 0 Å². The number of aromatic nitrogens is 1. The molecule has 20 heavy (non-hydrogen) atoms. The van der Waals surface area contributed by atoms with E-state index in [4.69, 9.17) is 4.74 Å². The van der Waals surface area contributed by atoms with Crippen LogP contribution in [0.25, 0.3) is 0 Å². The largest absolute Gasteiger partial charge is 0.477 e. The van der Waals surface area contributed by atoms with Gasteiger partial charge in [0.25, 0.3) is 0 Å². The predicted octanol–water partition coefficient (Wildman–Crippen LogP) is 4.49. The first-order valence-electron chi connectivity index (χ1n) is 8.10. The molecule has 0 saturated heterocycles. The zero-order valence-electron chi connectivity index (χ0n) is 13.3. The highest BCUT2D eigenvalue weighted by atomic mass is 16.5. The van der Waals surface area contributed by atoms with Gasteiger partial charge in [0.05, 0.1) is 6.61 Å². The Morgan fingerprint density at radius 1 is 1.15 bits per heavy atom. The van der Waals surface area contributed by atoms with Crippen molar-refractivity contribution >= 4 is 0 Å². The molecule has 1 unspecified atom stereocenters.